The number of aliphatic hydroxyl groups excluding tert-OH is 1. The maximum absolute atomic E-state index is 9.18. The molecule has 0 aromatic carbocycles. The molecule has 0 aromatic rings. The molecule has 2 nitrogen and oxygen atoms in total. The van der Waals surface area contributed by atoms with E-state index >= 15 is 0 Å². The van der Waals surface area contributed by atoms with Gasteiger partial charge in [0.25, 0.3) is 0 Å². The molecule has 0 saturated heterocycles. The molecular weight excluding hydrogens is 152 g/mol. The Bertz CT molecular complexity index is 83.9. The summed E-state index contributed by atoms with van der Waals surface area (Å²) >= 11 is 0. The molecule has 0 amide bonds. The molecule has 2 heteroatoms. The highest BCUT2D eigenvalue weighted by Crippen LogP contribution is 2.07. The van der Waals surface area contributed by atoms with Crippen molar-refractivity contribution < 1.29 is 9.84 Å². The van der Waals surface area contributed by atoms with Crippen molar-refractivity contribution in [2.24, 2.45) is 0 Å². The van der Waals surface area contributed by atoms with Gasteiger partial charge in [0.15, 0.2) is 6.29 Å². The van der Waals surface area contributed by atoms with E-state index in [-0.39, 0.29) is 0 Å². The van der Waals surface area contributed by atoms with Crippen LogP contribution in [0.1, 0.15) is 52.4 Å². The molecule has 0 saturated carbocycles. The third-order valence-electron chi connectivity index (χ3n) is 1.91. The average Bonchev–Trinajstić information content (AvgIpc) is 2.05. The van der Waals surface area contributed by atoms with E-state index in [0.29, 0.717) is 6.61 Å². The first kappa shape index (κ1) is 11.9. The summed E-state index contributed by atoms with van der Waals surface area (Å²) in [5.41, 5.74) is 0. The van der Waals surface area contributed by atoms with Gasteiger partial charge in [-0.1, -0.05) is 32.6 Å². The van der Waals surface area contributed by atoms with Crippen LogP contribution in [0.5, 0.6) is 0 Å². The van der Waals surface area contributed by atoms with Crippen LogP contribution >= 0.6 is 0 Å². The number of rotatable bonds is 8. The fourth-order valence-electron chi connectivity index (χ4n) is 1.20. The van der Waals surface area contributed by atoms with E-state index in [4.69, 9.17) is 4.74 Å². The Balaban J connectivity index is 2.97. The van der Waals surface area contributed by atoms with E-state index < -0.39 is 6.29 Å². The molecule has 0 aliphatic heterocycles. The van der Waals surface area contributed by atoms with E-state index in [0.717, 1.165) is 12.8 Å². The van der Waals surface area contributed by atoms with Gasteiger partial charge >= 0.3 is 0 Å². The molecule has 0 aliphatic carbocycles. The van der Waals surface area contributed by atoms with Crippen molar-refractivity contribution in [3.63, 3.8) is 0 Å². The highest BCUT2D eigenvalue weighted by atomic mass is 16.6. The van der Waals surface area contributed by atoms with Crippen LogP contribution in [-0.2, 0) is 4.74 Å². The fourth-order valence-corrected chi connectivity index (χ4v) is 1.20. The monoisotopic (exact) mass is 174 g/mol. The van der Waals surface area contributed by atoms with Gasteiger partial charge in [0.1, 0.15) is 0 Å². The minimum absolute atomic E-state index is 0.531. The summed E-state index contributed by atoms with van der Waals surface area (Å²) < 4.78 is 5.00. The average molecular weight is 174 g/mol. The Labute approximate surface area is 75.9 Å². The Morgan fingerprint density at radius 2 is 1.75 bits per heavy atom. The smallest absolute Gasteiger partial charge is 0.154 e. The second-order valence-electron chi connectivity index (χ2n) is 3.11. The molecule has 0 rings (SSSR count). The number of ether oxygens (including phenoxy) is 1. The molecular formula is C10H22O2. The topological polar surface area (TPSA) is 29.5 Å². The van der Waals surface area contributed by atoms with E-state index in [2.05, 4.69) is 6.92 Å². The van der Waals surface area contributed by atoms with Crippen molar-refractivity contribution in [1.29, 1.82) is 0 Å². The molecule has 0 radical (unpaired) electrons. The zero-order chi connectivity index (χ0) is 9.23. The highest BCUT2D eigenvalue weighted by molar-refractivity contribution is 4.46. The van der Waals surface area contributed by atoms with Crippen LogP contribution in [0.2, 0.25) is 0 Å². The molecule has 0 fully saturated rings. The second-order valence-corrected chi connectivity index (χ2v) is 3.11. The second kappa shape index (κ2) is 9.01. The Morgan fingerprint density at radius 3 is 2.33 bits per heavy atom. The van der Waals surface area contributed by atoms with Crippen LogP contribution in [0, 0.1) is 0 Å². The van der Waals surface area contributed by atoms with Gasteiger partial charge < -0.3 is 9.84 Å². The maximum atomic E-state index is 9.18. The van der Waals surface area contributed by atoms with E-state index in [9.17, 15) is 5.11 Å². The number of hydrogen-bond acceptors (Lipinski definition) is 2. The van der Waals surface area contributed by atoms with Crippen molar-refractivity contribution in [1.82, 2.24) is 0 Å². The van der Waals surface area contributed by atoms with Gasteiger partial charge in [-0.2, -0.15) is 0 Å². The normalized spacial score (nSPS) is 13.2. The molecule has 0 bridgehead atoms. The van der Waals surface area contributed by atoms with Crippen LogP contribution in [-0.4, -0.2) is 18.0 Å². The minimum Gasteiger partial charge on any atom is -0.368 e. The number of hydrogen-bond donors (Lipinski definition) is 1. The van der Waals surface area contributed by atoms with Crippen LogP contribution in [0.3, 0.4) is 0 Å². The molecule has 0 spiro atoms. The summed E-state index contributed by atoms with van der Waals surface area (Å²) in [6, 6.07) is 0. The van der Waals surface area contributed by atoms with E-state index in [1.165, 1.54) is 25.7 Å². The SMILES string of the molecule is CCCCCCCC(O)OCC. The lowest BCUT2D eigenvalue weighted by Gasteiger charge is -2.09. The van der Waals surface area contributed by atoms with Crippen molar-refractivity contribution in [3.8, 4) is 0 Å². The quantitative estimate of drug-likeness (QED) is 0.453. The van der Waals surface area contributed by atoms with Gasteiger partial charge in [0, 0.05) is 6.61 Å². The lowest BCUT2D eigenvalue weighted by Crippen LogP contribution is -2.10. The highest BCUT2D eigenvalue weighted by Gasteiger charge is 2.00. The van der Waals surface area contributed by atoms with Crippen LogP contribution in [0.25, 0.3) is 0 Å². The first-order valence-corrected chi connectivity index (χ1v) is 5.11. The van der Waals surface area contributed by atoms with Gasteiger partial charge in [0.2, 0.25) is 0 Å². The summed E-state index contributed by atoms with van der Waals surface area (Å²) in [6.07, 6.45) is 6.43. The summed E-state index contributed by atoms with van der Waals surface area (Å²) in [7, 11) is 0. The van der Waals surface area contributed by atoms with Gasteiger partial charge in [-0.25, -0.2) is 0 Å². The molecule has 74 valence electrons. The fraction of sp³-hybridized carbons (Fsp3) is 1.00. The van der Waals surface area contributed by atoms with Gasteiger partial charge in [0.05, 0.1) is 0 Å². The van der Waals surface area contributed by atoms with Crippen LogP contribution in [0.4, 0.5) is 0 Å². The number of aliphatic hydroxyl groups is 1. The zero-order valence-electron chi connectivity index (χ0n) is 8.38. The molecule has 1 N–H and O–H groups in total. The standard InChI is InChI=1S/C10H22O2/c1-3-5-6-7-8-9-10(11)12-4-2/h10-11H,3-9H2,1-2H3. The Morgan fingerprint density at radius 1 is 1.08 bits per heavy atom. The minimum atomic E-state index is -0.531. The summed E-state index contributed by atoms with van der Waals surface area (Å²) in [4.78, 5) is 0. The Kier molecular flexibility index (Phi) is 8.95. The van der Waals surface area contributed by atoms with Gasteiger partial charge in [-0.3, -0.25) is 0 Å². The maximum Gasteiger partial charge on any atom is 0.154 e. The van der Waals surface area contributed by atoms with E-state index in [1.807, 2.05) is 6.92 Å². The third kappa shape index (κ3) is 8.02. The largest absolute Gasteiger partial charge is 0.368 e. The lowest BCUT2D eigenvalue weighted by atomic mass is 10.1. The third-order valence-corrected chi connectivity index (χ3v) is 1.91. The first-order chi connectivity index (χ1) is 5.81. The zero-order valence-corrected chi connectivity index (χ0v) is 8.38. The molecule has 1 unspecified atom stereocenters. The number of unbranched alkanes of at least 4 members (excludes halogenated alkanes) is 4. The molecule has 0 aromatic heterocycles. The van der Waals surface area contributed by atoms with Crippen LogP contribution < -0.4 is 0 Å². The summed E-state index contributed by atoms with van der Waals surface area (Å²) in [5.74, 6) is 0. The van der Waals surface area contributed by atoms with E-state index in [1.54, 1.807) is 0 Å². The molecule has 0 heterocycles. The first-order valence-electron chi connectivity index (χ1n) is 5.11. The summed E-state index contributed by atoms with van der Waals surface area (Å²) in [5, 5.41) is 9.18. The predicted octanol–water partition coefficient (Wildman–Crippen LogP) is 2.70. The molecule has 1 atom stereocenters. The van der Waals surface area contributed by atoms with Crippen molar-refractivity contribution in [3.05, 3.63) is 0 Å². The lowest BCUT2D eigenvalue weighted by molar-refractivity contribution is -0.0994. The van der Waals surface area contributed by atoms with Gasteiger partial charge in [-0.15, -0.1) is 0 Å². The van der Waals surface area contributed by atoms with Crippen molar-refractivity contribution in [2.75, 3.05) is 6.61 Å². The Hall–Kier alpha value is -0.0800. The molecule has 12 heavy (non-hydrogen) atoms. The summed E-state index contributed by atoms with van der Waals surface area (Å²) in [6.45, 7) is 4.71. The van der Waals surface area contributed by atoms with Crippen LogP contribution in [0.15, 0.2) is 0 Å². The van der Waals surface area contributed by atoms with Crippen molar-refractivity contribution in [2.45, 2.75) is 58.7 Å². The predicted molar refractivity (Wildman–Crippen MR) is 51.0 cm³/mol. The molecule has 0 aliphatic rings. The van der Waals surface area contributed by atoms with Crippen molar-refractivity contribution >= 4 is 0 Å². The van der Waals surface area contributed by atoms with Gasteiger partial charge in [-0.05, 0) is 19.8 Å².